The Labute approximate surface area is 87.4 Å². The van der Waals surface area contributed by atoms with Gasteiger partial charge in [0, 0.05) is 31.6 Å². The summed E-state index contributed by atoms with van der Waals surface area (Å²) in [7, 11) is 0. The van der Waals surface area contributed by atoms with E-state index in [-0.39, 0.29) is 5.91 Å². The molecule has 1 amide bonds. The van der Waals surface area contributed by atoms with Gasteiger partial charge in [-0.25, -0.2) is 0 Å². The fourth-order valence-electron chi connectivity index (χ4n) is 0.995. The van der Waals surface area contributed by atoms with Crippen LogP contribution in [0.3, 0.4) is 0 Å². The van der Waals surface area contributed by atoms with E-state index in [1.54, 1.807) is 17.1 Å². The molecule has 0 spiro atoms. The number of rotatable bonds is 6. The zero-order valence-electron chi connectivity index (χ0n) is 7.82. The van der Waals surface area contributed by atoms with E-state index in [9.17, 15) is 4.79 Å². The van der Waals surface area contributed by atoms with Gasteiger partial charge in [-0.3, -0.25) is 9.48 Å². The Kier molecular flexibility index (Phi) is 4.99. The highest BCUT2D eigenvalue weighted by Gasteiger charge is 1.98. The first kappa shape index (κ1) is 11.0. The normalized spacial score (nSPS) is 10.1. The molecule has 1 N–H and O–H groups in total. The number of aryl methyl sites for hydroxylation is 1. The van der Waals surface area contributed by atoms with E-state index in [1.165, 1.54) is 0 Å². The maximum absolute atomic E-state index is 11.0. The first-order valence-electron chi connectivity index (χ1n) is 4.49. The minimum absolute atomic E-state index is 0.00131. The Bertz CT molecular complexity index is 262. The highest BCUT2D eigenvalue weighted by molar-refractivity contribution is 6.18. The van der Waals surface area contributed by atoms with Crippen molar-refractivity contribution in [3.63, 3.8) is 0 Å². The van der Waals surface area contributed by atoms with Gasteiger partial charge in [0.1, 0.15) is 0 Å². The van der Waals surface area contributed by atoms with Crippen molar-refractivity contribution in [2.45, 2.75) is 19.4 Å². The average Bonchev–Trinajstić information content (AvgIpc) is 2.65. The Hall–Kier alpha value is -1.10. The second kappa shape index (κ2) is 6.37. The topological polar surface area (TPSA) is 59.8 Å². The Morgan fingerprint density at radius 3 is 3.07 bits per heavy atom. The zero-order chi connectivity index (χ0) is 10.2. The van der Waals surface area contributed by atoms with Crippen LogP contribution in [-0.4, -0.2) is 33.3 Å². The number of halogens is 1. The van der Waals surface area contributed by atoms with Crippen molar-refractivity contribution in [2.75, 3.05) is 12.4 Å². The molecule has 0 aromatic carbocycles. The average molecular weight is 217 g/mol. The van der Waals surface area contributed by atoms with Gasteiger partial charge in [-0.15, -0.1) is 16.7 Å². The molecule has 0 saturated carbocycles. The van der Waals surface area contributed by atoms with Crippen LogP contribution < -0.4 is 5.32 Å². The standard InChI is InChI=1S/C8H13ClN4O/c9-3-2-8(14)10-4-1-6-13-7-5-11-12-13/h5,7H,1-4,6H2,(H,10,14). The lowest BCUT2D eigenvalue weighted by molar-refractivity contribution is -0.120. The molecule has 78 valence electrons. The van der Waals surface area contributed by atoms with E-state index in [0.29, 0.717) is 18.8 Å². The van der Waals surface area contributed by atoms with Crippen LogP contribution in [-0.2, 0) is 11.3 Å². The fourth-order valence-corrected chi connectivity index (χ4v) is 1.17. The third-order valence-corrected chi connectivity index (χ3v) is 1.87. The number of nitrogens with zero attached hydrogens (tertiary/aromatic N) is 3. The summed E-state index contributed by atoms with van der Waals surface area (Å²) in [6, 6.07) is 0. The number of amides is 1. The van der Waals surface area contributed by atoms with Crippen molar-refractivity contribution < 1.29 is 4.79 Å². The number of alkyl halides is 1. The SMILES string of the molecule is O=C(CCCl)NCCCn1ccnn1. The molecule has 1 aromatic heterocycles. The smallest absolute Gasteiger partial charge is 0.221 e. The van der Waals surface area contributed by atoms with E-state index in [4.69, 9.17) is 11.6 Å². The molecular formula is C8H13ClN4O. The van der Waals surface area contributed by atoms with Crippen molar-refractivity contribution in [2.24, 2.45) is 0 Å². The number of carbonyl (C=O) groups excluding carboxylic acids is 1. The van der Waals surface area contributed by atoms with Gasteiger partial charge in [0.05, 0.1) is 6.20 Å². The van der Waals surface area contributed by atoms with Crippen molar-refractivity contribution >= 4 is 17.5 Å². The van der Waals surface area contributed by atoms with Crippen molar-refractivity contribution in [3.05, 3.63) is 12.4 Å². The second-order valence-corrected chi connectivity index (χ2v) is 3.19. The van der Waals surface area contributed by atoms with Crippen LogP contribution in [0.4, 0.5) is 0 Å². The largest absolute Gasteiger partial charge is 0.356 e. The molecule has 6 heteroatoms. The lowest BCUT2D eigenvalue weighted by atomic mass is 10.4. The van der Waals surface area contributed by atoms with Gasteiger partial charge in [-0.1, -0.05) is 5.21 Å². The summed E-state index contributed by atoms with van der Waals surface area (Å²) in [6.45, 7) is 1.41. The van der Waals surface area contributed by atoms with Gasteiger partial charge in [0.2, 0.25) is 5.91 Å². The molecule has 0 radical (unpaired) electrons. The van der Waals surface area contributed by atoms with Crippen LogP contribution in [0.5, 0.6) is 0 Å². The number of hydrogen-bond acceptors (Lipinski definition) is 3. The van der Waals surface area contributed by atoms with E-state index >= 15 is 0 Å². The minimum Gasteiger partial charge on any atom is -0.356 e. The summed E-state index contributed by atoms with van der Waals surface area (Å²) >= 11 is 5.41. The van der Waals surface area contributed by atoms with Gasteiger partial charge in [0.15, 0.2) is 0 Å². The third kappa shape index (κ3) is 4.23. The molecule has 0 fully saturated rings. The van der Waals surface area contributed by atoms with E-state index in [1.807, 2.05) is 0 Å². The van der Waals surface area contributed by atoms with Gasteiger partial charge in [0.25, 0.3) is 0 Å². The molecule has 1 heterocycles. The van der Waals surface area contributed by atoms with E-state index in [0.717, 1.165) is 13.0 Å². The molecule has 14 heavy (non-hydrogen) atoms. The second-order valence-electron chi connectivity index (χ2n) is 2.81. The molecule has 0 bridgehead atoms. The van der Waals surface area contributed by atoms with E-state index < -0.39 is 0 Å². The minimum atomic E-state index is -0.00131. The van der Waals surface area contributed by atoms with Gasteiger partial charge in [-0.05, 0) is 6.42 Å². The third-order valence-electron chi connectivity index (χ3n) is 1.68. The molecule has 0 aliphatic carbocycles. The zero-order valence-corrected chi connectivity index (χ0v) is 8.57. The molecule has 0 aliphatic heterocycles. The number of hydrogen-bond donors (Lipinski definition) is 1. The number of nitrogens with one attached hydrogen (secondary N) is 1. The lowest BCUT2D eigenvalue weighted by Gasteiger charge is -2.03. The summed E-state index contributed by atoms with van der Waals surface area (Å²) in [5, 5.41) is 10.2. The van der Waals surface area contributed by atoms with Gasteiger partial charge in [-0.2, -0.15) is 0 Å². The number of aromatic nitrogens is 3. The Balaban J connectivity index is 2.02. The van der Waals surface area contributed by atoms with Crippen LogP contribution in [0.1, 0.15) is 12.8 Å². The first-order valence-corrected chi connectivity index (χ1v) is 5.03. The maximum Gasteiger partial charge on any atom is 0.221 e. The monoisotopic (exact) mass is 216 g/mol. The summed E-state index contributed by atoms with van der Waals surface area (Å²) in [4.78, 5) is 11.0. The highest BCUT2D eigenvalue weighted by atomic mass is 35.5. The van der Waals surface area contributed by atoms with Crippen LogP contribution >= 0.6 is 11.6 Å². The Morgan fingerprint density at radius 1 is 1.57 bits per heavy atom. The quantitative estimate of drug-likeness (QED) is 0.554. The summed E-state index contributed by atoms with van der Waals surface area (Å²) in [6.07, 6.45) is 4.65. The van der Waals surface area contributed by atoms with E-state index in [2.05, 4.69) is 15.6 Å². The number of carbonyl (C=O) groups is 1. The lowest BCUT2D eigenvalue weighted by Crippen LogP contribution is -2.25. The van der Waals surface area contributed by atoms with Crippen LogP contribution in [0.15, 0.2) is 12.4 Å². The Morgan fingerprint density at radius 2 is 2.43 bits per heavy atom. The molecule has 5 nitrogen and oxygen atoms in total. The summed E-state index contributed by atoms with van der Waals surface area (Å²) in [5.74, 6) is 0.369. The predicted octanol–water partition coefficient (Wildman–Crippen LogP) is 0.413. The summed E-state index contributed by atoms with van der Waals surface area (Å²) < 4.78 is 1.73. The first-order chi connectivity index (χ1) is 6.83. The highest BCUT2D eigenvalue weighted by Crippen LogP contribution is 1.87. The van der Waals surface area contributed by atoms with Crippen molar-refractivity contribution in [1.82, 2.24) is 20.3 Å². The maximum atomic E-state index is 11.0. The van der Waals surface area contributed by atoms with Gasteiger partial charge >= 0.3 is 0 Å². The molecule has 0 saturated heterocycles. The van der Waals surface area contributed by atoms with Crippen molar-refractivity contribution in [1.29, 1.82) is 0 Å². The van der Waals surface area contributed by atoms with Crippen LogP contribution in [0, 0.1) is 0 Å². The molecule has 0 unspecified atom stereocenters. The molecule has 1 rings (SSSR count). The predicted molar refractivity (Wildman–Crippen MR) is 53.0 cm³/mol. The van der Waals surface area contributed by atoms with Crippen LogP contribution in [0.2, 0.25) is 0 Å². The van der Waals surface area contributed by atoms with Crippen LogP contribution in [0.25, 0.3) is 0 Å². The molecule has 1 aromatic rings. The fraction of sp³-hybridized carbons (Fsp3) is 0.625. The van der Waals surface area contributed by atoms with Crippen molar-refractivity contribution in [3.8, 4) is 0 Å². The molecule has 0 atom stereocenters. The molecule has 0 aliphatic rings. The molecular weight excluding hydrogens is 204 g/mol. The van der Waals surface area contributed by atoms with Gasteiger partial charge < -0.3 is 5.32 Å². The summed E-state index contributed by atoms with van der Waals surface area (Å²) in [5.41, 5.74) is 0.